The zero-order valence-electron chi connectivity index (χ0n) is 16.5. The zero-order chi connectivity index (χ0) is 22.0. The first-order valence-corrected chi connectivity index (χ1v) is 11.1. The quantitative estimate of drug-likeness (QED) is 0.631. The van der Waals surface area contributed by atoms with Gasteiger partial charge in [0.1, 0.15) is 0 Å². The molecule has 0 fully saturated rings. The normalized spacial score (nSPS) is 12.9. The predicted octanol–water partition coefficient (Wildman–Crippen LogP) is 3.58. The summed E-state index contributed by atoms with van der Waals surface area (Å²) in [5.74, 6) is -1.37. The van der Waals surface area contributed by atoms with Gasteiger partial charge in [0, 0.05) is 10.2 Å². The van der Waals surface area contributed by atoms with Crippen LogP contribution in [0.1, 0.15) is 43.6 Å². The molecule has 9 heteroatoms. The van der Waals surface area contributed by atoms with E-state index in [9.17, 15) is 18.0 Å². The number of rotatable bonds is 5. The van der Waals surface area contributed by atoms with Crippen LogP contribution in [0.5, 0.6) is 0 Å². The minimum Gasteiger partial charge on any atom is -0.449 e. The van der Waals surface area contributed by atoms with Gasteiger partial charge in [0.15, 0.2) is 6.10 Å². The molecule has 0 saturated heterocycles. The third-order valence-corrected chi connectivity index (χ3v) is 5.76. The number of esters is 1. The second-order valence-electron chi connectivity index (χ2n) is 7.55. The molecule has 0 bridgehead atoms. The summed E-state index contributed by atoms with van der Waals surface area (Å²) in [7, 11) is -3.98. The molecule has 3 N–H and O–H groups in total. The average molecular weight is 483 g/mol. The van der Waals surface area contributed by atoms with Crippen molar-refractivity contribution in [2.45, 2.75) is 44.1 Å². The second-order valence-corrected chi connectivity index (χ2v) is 9.97. The van der Waals surface area contributed by atoms with Crippen molar-refractivity contribution in [2.24, 2.45) is 5.14 Å². The van der Waals surface area contributed by atoms with E-state index in [4.69, 9.17) is 9.88 Å². The van der Waals surface area contributed by atoms with Gasteiger partial charge in [-0.3, -0.25) is 4.79 Å². The maximum atomic E-state index is 12.4. The van der Waals surface area contributed by atoms with Gasteiger partial charge in [0.05, 0.1) is 10.5 Å². The van der Waals surface area contributed by atoms with Crippen LogP contribution in [-0.4, -0.2) is 26.4 Å². The highest BCUT2D eigenvalue weighted by Gasteiger charge is 2.22. The van der Waals surface area contributed by atoms with Crippen LogP contribution in [0, 0.1) is 0 Å². The van der Waals surface area contributed by atoms with Crippen LogP contribution in [0.2, 0.25) is 0 Å². The molecule has 7 nitrogen and oxygen atoms in total. The number of ether oxygens (including phenoxy) is 1. The molecule has 0 heterocycles. The Morgan fingerprint density at radius 3 is 2.21 bits per heavy atom. The monoisotopic (exact) mass is 482 g/mol. The maximum absolute atomic E-state index is 12.4. The molecule has 0 radical (unpaired) electrons. The molecule has 0 aliphatic rings. The Balaban J connectivity index is 2.09. The van der Waals surface area contributed by atoms with E-state index in [0.29, 0.717) is 10.2 Å². The van der Waals surface area contributed by atoms with Gasteiger partial charge in [-0.25, -0.2) is 18.4 Å². The van der Waals surface area contributed by atoms with Crippen molar-refractivity contribution in [1.29, 1.82) is 0 Å². The summed E-state index contributed by atoms with van der Waals surface area (Å²) in [5.41, 5.74) is 1.63. The SMILES string of the molecule is CC(OC(=O)c1cc(S(N)(=O)=O)ccc1Br)C(=O)Nc1ccc(C(C)(C)C)cc1. The molecule has 2 rings (SSSR count). The lowest BCUT2D eigenvalue weighted by Crippen LogP contribution is -2.30. The van der Waals surface area contributed by atoms with Crippen LogP contribution in [-0.2, 0) is 25.0 Å². The lowest BCUT2D eigenvalue weighted by Gasteiger charge is -2.19. The minimum atomic E-state index is -3.98. The number of hydrogen-bond donors (Lipinski definition) is 2. The Bertz CT molecular complexity index is 1030. The lowest BCUT2D eigenvalue weighted by molar-refractivity contribution is -0.123. The molecule has 0 aromatic heterocycles. The third kappa shape index (κ3) is 6.12. The number of primary sulfonamides is 1. The maximum Gasteiger partial charge on any atom is 0.340 e. The van der Waals surface area contributed by atoms with Gasteiger partial charge >= 0.3 is 5.97 Å². The van der Waals surface area contributed by atoms with E-state index in [1.165, 1.54) is 19.1 Å². The molecule has 0 aliphatic heterocycles. The third-order valence-electron chi connectivity index (χ3n) is 4.16. The van der Waals surface area contributed by atoms with E-state index < -0.39 is 28.0 Å². The molecule has 1 unspecified atom stereocenters. The molecule has 0 saturated carbocycles. The van der Waals surface area contributed by atoms with Crippen LogP contribution < -0.4 is 10.5 Å². The van der Waals surface area contributed by atoms with Crippen molar-refractivity contribution in [3.8, 4) is 0 Å². The number of benzene rings is 2. The largest absolute Gasteiger partial charge is 0.449 e. The number of amides is 1. The van der Waals surface area contributed by atoms with E-state index in [1.54, 1.807) is 12.1 Å². The van der Waals surface area contributed by atoms with Crippen LogP contribution in [0.15, 0.2) is 51.8 Å². The first kappa shape index (κ1) is 23.1. The minimum absolute atomic E-state index is 0.00963. The number of carbonyl (C=O) groups excluding carboxylic acids is 2. The van der Waals surface area contributed by atoms with Gasteiger partial charge in [-0.05, 0) is 64.2 Å². The van der Waals surface area contributed by atoms with E-state index in [1.807, 2.05) is 12.1 Å². The van der Waals surface area contributed by atoms with Gasteiger partial charge in [-0.1, -0.05) is 32.9 Å². The van der Waals surface area contributed by atoms with E-state index in [-0.39, 0.29) is 15.9 Å². The summed E-state index contributed by atoms with van der Waals surface area (Å²) in [4.78, 5) is 24.5. The highest BCUT2D eigenvalue weighted by Crippen LogP contribution is 2.24. The Kier molecular flexibility index (Phi) is 6.87. The topological polar surface area (TPSA) is 116 Å². The summed E-state index contributed by atoms with van der Waals surface area (Å²) in [6.45, 7) is 7.69. The van der Waals surface area contributed by atoms with Crippen LogP contribution in [0.3, 0.4) is 0 Å². The first-order valence-electron chi connectivity index (χ1n) is 8.74. The highest BCUT2D eigenvalue weighted by atomic mass is 79.9. The lowest BCUT2D eigenvalue weighted by atomic mass is 9.87. The molecule has 0 spiro atoms. The second kappa shape index (κ2) is 8.64. The fourth-order valence-electron chi connectivity index (χ4n) is 2.41. The number of halogens is 1. The number of nitrogens with one attached hydrogen (secondary N) is 1. The summed E-state index contributed by atoms with van der Waals surface area (Å²) in [6, 6.07) is 11.1. The van der Waals surface area contributed by atoms with Crippen LogP contribution >= 0.6 is 15.9 Å². The van der Waals surface area contributed by atoms with Crippen molar-refractivity contribution in [3.05, 3.63) is 58.1 Å². The smallest absolute Gasteiger partial charge is 0.340 e. The van der Waals surface area contributed by atoms with Crippen molar-refractivity contribution in [2.75, 3.05) is 5.32 Å². The number of sulfonamides is 1. The fourth-order valence-corrected chi connectivity index (χ4v) is 3.36. The van der Waals surface area contributed by atoms with Gasteiger partial charge < -0.3 is 10.1 Å². The Labute approximate surface area is 178 Å². The average Bonchev–Trinajstić information content (AvgIpc) is 2.60. The summed E-state index contributed by atoms with van der Waals surface area (Å²) >= 11 is 3.16. The fraction of sp³-hybridized carbons (Fsp3) is 0.300. The molecule has 29 heavy (non-hydrogen) atoms. The van der Waals surface area contributed by atoms with Crippen molar-refractivity contribution in [3.63, 3.8) is 0 Å². The molecular weight excluding hydrogens is 460 g/mol. The Morgan fingerprint density at radius 2 is 1.69 bits per heavy atom. The van der Waals surface area contributed by atoms with Gasteiger partial charge in [0.25, 0.3) is 5.91 Å². The highest BCUT2D eigenvalue weighted by molar-refractivity contribution is 9.10. The molecule has 2 aromatic carbocycles. The summed E-state index contributed by atoms with van der Waals surface area (Å²) in [5, 5.41) is 7.77. The standard InChI is InChI=1S/C20H23BrN2O5S/c1-12(18(24)23-14-7-5-13(6-8-14)20(2,3)4)28-19(25)16-11-15(29(22,26)27)9-10-17(16)21/h5-12H,1-4H3,(H,23,24)(H2,22,26,27). The number of nitrogens with two attached hydrogens (primary N) is 1. The Morgan fingerprint density at radius 1 is 1.10 bits per heavy atom. The molecule has 156 valence electrons. The van der Waals surface area contributed by atoms with E-state index in [2.05, 4.69) is 42.0 Å². The molecule has 1 amide bonds. The Hall–Kier alpha value is -2.23. The molecule has 2 aromatic rings. The van der Waals surface area contributed by atoms with Gasteiger partial charge in [-0.15, -0.1) is 0 Å². The van der Waals surface area contributed by atoms with Crippen molar-refractivity contribution < 1.29 is 22.7 Å². The van der Waals surface area contributed by atoms with Crippen LogP contribution in [0.25, 0.3) is 0 Å². The summed E-state index contributed by atoms with van der Waals surface area (Å²) < 4.78 is 28.5. The van der Waals surface area contributed by atoms with E-state index in [0.717, 1.165) is 11.6 Å². The first-order chi connectivity index (χ1) is 13.3. The predicted molar refractivity (Wildman–Crippen MR) is 114 cm³/mol. The molecule has 0 aliphatic carbocycles. The number of carbonyl (C=O) groups is 2. The van der Waals surface area contributed by atoms with Crippen LogP contribution in [0.4, 0.5) is 5.69 Å². The summed E-state index contributed by atoms with van der Waals surface area (Å²) in [6.07, 6.45) is -1.10. The van der Waals surface area contributed by atoms with Gasteiger partial charge in [-0.2, -0.15) is 0 Å². The van der Waals surface area contributed by atoms with E-state index >= 15 is 0 Å². The number of anilines is 1. The molecular formula is C20H23BrN2O5S. The zero-order valence-corrected chi connectivity index (χ0v) is 18.9. The van der Waals surface area contributed by atoms with Gasteiger partial charge in [0.2, 0.25) is 10.0 Å². The van der Waals surface area contributed by atoms with Crippen molar-refractivity contribution in [1.82, 2.24) is 0 Å². The number of hydrogen-bond acceptors (Lipinski definition) is 5. The van der Waals surface area contributed by atoms with Crippen molar-refractivity contribution >= 4 is 43.5 Å². The molecule has 1 atom stereocenters.